The van der Waals surface area contributed by atoms with Crippen LogP contribution in [-0.2, 0) is 13.1 Å². The van der Waals surface area contributed by atoms with E-state index in [0.717, 1.165) is 47.6 Å². The van der Waals surface area contributed by atoms with Crippen molar-refractivity contribution in [2.45, 2.75) is 26.9 Å². The Labute approximate surface area is 165 Å². The van der Waals surface area contributed by atoms with Crippen molar-refractivity contribution < 1.29 is 9.47 Å². The Morgan fingerprint density at radius 3 is 2.61 bits per heavy atom. The summed E-state index contributed by atoms with van der Waals surface area (Å²) in [5, 5.41) is 3.40. The van der Waals surface area contributed by atoms with Gasteiger partial charge in [-0.2, -0.15) is 0 Å². The van der Waals surface area contributed by atoms with Gasteiger partial charge in [-0.1, -0.05) is 36.4 Å². The Hall–Kier alpha value is -3.28. The Bertz CT molecular complexity index is 947. The summed E-state index contributed by atoms with van der Waals surface area (Å²) in [6.07, 6.45) is 0. The molecule has 4 rings (SSSR count). The molecule has 0 saturated carbocycles. The summed E-state index contributed by atoms with van der Waals surface area (Å²) in [5.41, 5.74) is 2.37. The summed E-state index contributed by atoms with van der Waals surface area (Å²) in [4.78, 5) is 11.4. The van der Waals surface area contributed by atoms with Crippen LogP contribution in [0.25, 0.3) is 0 Å². The van der Waals surface area contributed by atoms with E-state index >= 15 is 0 Å². The highest BCUT2D eigenvalue weighted by Gasteiger charge is 2.14. The third-order valence-electron chi connectivity index (χ3n) is 4.66. The van der Waals surface area contributed by atoms with E-state index in [9.17, 15) is 0 Å². The van der Waals surface area contributed by atoms with Crippen molar-refractivity contribution in [2.24, 2.45) is 0 Å². The van der Waals surface area contributed by atoms with Gasteiger partial charge in [0.1, 0.15) is 17.5 Å². The van der Waals surface area contributed by atoms with Crippen molar-refractivity contribution in [3.63, 3.8) is 0 Å². The van der Waals surface area contributed by atoms with Crippen LogP contribution >= 0.6 is 0 Å². The second-order valence-electron chi connectivity index (χ2n) is 6.70. The predicted octanol–water partition coefficient (Wildman–Crippen LogP) is 4.15. The zero-order valence-electron chi connectivity index (χ0n) is 16.2. The van der Waals surface area contributed by atoms with Crippen LogP contribution in [0.1, 0.15) is 23.9 Å². The Balaban J connectivity index is 1.48. The highest BCUT2D eigenvalue weighted by atomic mass is 16.7. The summed E-state index contributed by atoms with van der Waals surface area (Å²) >= 11 is 0. The van der Waals surface area contributed by atoms with Gasteiger partial charge in [-0.3, -0.25) is 0 Å². The van der Waals surface area contributed by atoms with Crippen molar-refractivity contribution in [1.82, 2.24) is 9.97 Å². The zero-order valence-corrected chi connectivity index (χ0v) is 16.2. The maximum Gasteiger partial charge on any atom is 0.231 e. The highest BCUT2D eigenvalue weighted by molar-refractivity contribution is 5.51. The maximum atomic E-state index is 5.45. The summed E-state index contributed by atoms with van der Waals surface area (Å²) in [7, 11) is 0. The van der Waals surface area contributed by atoms with Gasteiger partial charge >= 0.3 is 0 Å². The van der Waals surface area contributed by atoms with Crippen LogP contribution in [0.2, 0.25) is 0 Å². The average molecular weight is 376 g/mol. The topological polar surface area (TPSA) is 59.5 Å². The number of aromatic nitrogens is 2. The molecule has 0 amide bonds. The van der Waals surface area contributed by atoms with Crippen molar-refractivity contribution in [3.05, 3.63) is 71.5 Å². The van der Waals surface area contributed by atoms with Gasteiger partial charge < -0.3 is 19.7 Å². The Morgan fingerprint density at radius 1 is 0.964 bits per heavy atom. The van der Waals surface area contributed by atoms with E-state index in [1.54, 1.807) is 0 Å². The molecule has 144 valence electrons. The van der Waals surface area contributed by atoms with Crippen LogP contribution in [0.3, 0.4) is 0 Å². The lowest BCUT2D eigenvalue weighted by Gasteiger charge is -2.23. The zero-order chi connectivity index (χ0) is 19.3. The van der Waals surface area contributed by atoms with E-state index in [1.807, 2.05) is 37.3 Å². The molecule has 1 aromatic heterocycles. The van der Waals surface area contributed by atoms with Crippen LogP contribution in [0.4, 0.5) is 11.6 Å². The lowest BCUT2D eigenvalue weighted by molar-refractivity contribution is 0.174. The fraction of sp³-hybridized carbons (Fsp3) is 0.273. The summed E-state index contributed by atoms with van der Waals surface area (Å²) in [6.45, 7) is 6.68. The number of rotatable bonds is 7. The summed E-state index contributed by atoms with van der Waals surface area (Å²) in [5.74, 6) is 4.07. The van der Waals surface area contributed by atoms with Gasteiger partial charge in [0.15, 0.2) is 11.5 Å². The molecule has 2 aromatic carbocycles. The average Bonchev–Trinajstić information content (AvgIpc) is 3.19. The second-order valence-corrected chi connectivity index (χ2v) is 6.70. The van der Waals surface area contributed by atoms with E-state index in [2.05, 4.69) is 51.4 Å². The minimum atomic E-state index is 0.287. The lowest BCUT2D eigenvalue weighted by Crippen LogP contribution is -2.23. The Kier molecular flexibility index (Phi) is 5.28. The molecular weight excluding hydrogens is 352 g/mol. The quantitative estimate of drug-likeness (QED) is 0.668. The number of nitrogens with one attached hydrogen (secondary N) is 1. The largest absolute Gasteiger partial charge is 0.454 e. The molecule has 3 aromatic rings. The van der Waals surface area contributed by atoms with Crippen LogP contribution < -0.4 is 19.7 Å². The number of aryl methyl sites for hydroxylation is 1. The molecule has 0 spiro atoms. The number of benzene rings is 2. The molecule has 0 bridgehead atoms. The third-order valence-corrected chi connectivity index (χ3v) is 4.66. The van der Waals surface area contributed by atoms with E-state index in [-0.39, 0.29) is 6.79 Å². The van der Waals surface area contributed by atoms with Crippen molar-refractivity contribution in [2.75, 3.05) is 23.6 Å². The molecule has 1 N–H and O–H groups in total. The standard InChI is InChI=1S/C22H24N4O2/c1-3-26(14-17-7-5-4-6-8-17)22-12-21(24-16(2)25-22)23-13-18-9-10-19-20(11-18)28-15-27-19/h4-12H,3,13-15H2,1-2H3,(H,23,24,25). The SMILES string of the molecule is CCN(Cc1ccccc1)c1cc(NCc2ccc3c(c2)OCO3)nc(C)n1. The summed E-state index contributed by atoms with van der Waals surface area (Å²) in [6, 6.07) is 18.4. The molecule has 0 fully saturated rings. The molecule has 0 aliphatic carbocycles. The first-order valence-corrected chi connectivity index (χ1v) is 9.48. The molecule has 6 nitrogen and oxygen atoms in total. The molecular formula is C22H24N4O2. The van der Waals surface area contributed by atoms with E-state index in [1.165, 1.54) is 5.56 Å². The molecule has 2 heterocycles. The molecule has 1 aliphatic heterocycles. The van der Waals surface area contributed by atoms with Crippen LogP contribution in [0.15, 0.2) is 54.6 Å². The van der Waals surface area contributed by atoms with Crippen molar-refractivity contribution in [3.8, 4) is 11.5 Å². The third kappa shape index (κ3) is 4.17. The van der Waals surface area contributed by atoms with Gasteiger partial charge in [0.2, 0.25) is 6.79 Å². The number of anilines is 2. The molecule has 28 heavy (non-hydrogen) atoms. The molecule has 0 radical (unpaired) electrons. The smallest absolute Gasteiger partial charge is 0.231 e. The monoisotopic (exact) mass is 376 g/mol. The second kappa shape index (κ2) is 8.17. The number of nitrogens with zero attached hydrogens (tertiary/aromatic N) is 3. The minimum Gasteiger partial charge on any atom is -0.454 e. The van der Waals surface area contributed by atoms with Gasteiger partial charge in [0, 0.05) is 25.7 Å². The van der Waals surface area contributed by atoms with Gasteiger partial charge in [-0.15, -0.1) is 0 Å². The molecule has 1 aliphatic rings. The Morgan fingerprint density at radius 2 is 1.79 bits per heavy atom. The van der Waals surface area contributed by atoms with E-state index in [4.69, 9.17) is 9.47 Å². The number of fused-ring (bicyclic) bond motifs is 1. The lowest BCUT2D eigenvalue weighted by atomic mass is 10.2. The van der Waals surface area contributed by atoms with Crippen molar-refractivity contribution >= 4 is 11.6 Å². The molecule has 0 atom stereocenters. The summed E-state index contributed by atoms with van der Waals surface area (Å²) < 4.78 is 10.8. The molecule has 0 unspecified atom stereocenters. The number of ether oxygens (including phenoxy) is 2. The first-order chi connectivity index (χ1) is 13.7. The first kappa shape index (κ1) is 18.1. The molecule has 0 saturated heterocycles. The number of hydrogen-bond acceptors (Lipinski definition) is 6. The van der Waals surface area contributed by atoms with Crippen LogP contribution in [0.5, 0.6) is 11.5 Å². The number of hydrogen-bond donors (Lipinski definition) is 1. The van der Waals surface area contributed by atoms with Gasteiger partial charge in [-0.05, 0) is 37.1 Å². The van der Waals surface area contributed by atoms with Crippen LogP contribution in [-0.4, -0.2) is 23.3 Å². The normalized spacial score (nSPS) is 12.1. The van der Waals surface area contributed by atoms with Gasteiger partial charge in [-0.25, -0.2) is 9.97 Å². The van der Waals surface area contributed by atoms with E-state index < -0.39 is 0 Å². The fourth-order valence-corrected chi connectivity index (χ4v) is 3.21. The van der Waals surface area contributed by atoms with Crippen molar-refractivity contribution in [1.29, 1.82) is 0 Å². The fourth-order valence-electron chi connectivity index (χ4n) is 3.21. The van der Waals surface area contributed by atoms with Crippen LogP contribution in [0, 0.1) is 6.92 Å². The first-order valence-electron chi connectivity index (χ1n) is 9.48. The minimum absolute atomic E-state index is 0.287. The predicted molar refractivity (Wildman–Crippen MR) is 110 cm³/mol. The maximum absolute atomic E-state index is 5.45. The van der Waals surface area contributed by atoms with Gasteiger partial charge in [0.05, 0.1) is 0 Å². The van der Waals surface area contributed by atoms with E-state index in [0.29, 0.717) is 6.54 Å². The highest BCUT2D eigenvalue weighted by Crippen LogP contribution is 2.32. The molecule has 6 heteroatoms. The van der Waals surface area contributed by atoms with Gasteiger partial charge in [0.25, 0.3) is 0 Å².